The van der Waals surface area contributed by atoms with Crippen molar-refractivity contribution in [3.05, 3.63) is 29.6 Å². The molecule has 6 heteroatoms. The maximum atomic E-state index is 10.6. The van der Waals surface area contributed by atoms with Crippen molar-refractivity contribution in [1.82, 2.24) is 4.98 Å². The number of aliphatic hydroxyl groups excluding tert-OH is 1. The molecule has 0 aliphatic heterocycles. The zero-order chi connectivity index (χ0) is 10.1. The van der Waals surface area contributed by atoms with Gasteiger partial charge in [-0.3, -0.25) is 9.54 Å². The standard InChI is InChI=1S/C7H9NO4S/c1-5-2-3-8-4-6(5)7(9)13(10,11)12/h2-4,7,9H,1H3,(H,10,11,12). The second kappa shape index (κ2) is 3.41. The van der Waals surface area contributed by atoms with E-state index >= 15 is 0 Å². The Balaban J connectivity index is 3.17. The Morgan fingerprint density at radius 2 is 2.15 bits per heavy atom. The van der Waals surface area contributed by atoms with Crippen LogP contribution in [0.1, 0.15) is 16.6 Å². The van der Waals surface area contributed by atoms with E-state index in [1.165, 1.54) is 12.4 Å². The summed E-state index contributed by atoms with van der Waals surface area (Å²) in [6.45, 7) is 1.62. The van der Waals surface area contributed by atoms with Crippen LogP contribution in [0.5, 0.6) is 0 Å². The fraction of sp³-hybridized carbons (Fsp3) is 0.286. The van der Waals surface area contributed by atoms with Crippen molar-refractivity contribution in [2.45, 2.75) is 12.4 Å². The molecular formula is C7H9NO4S. The Hall–Kier alpha value is -0.980. The van der Waals surface area contributed by atoms with Crippen molar-refractivity contribution in [3.63, 3.8) is 0 Å². The zero-order valence-corrected chi connectivity index (χ0v) is 7.69. The molecule has 0 aromatic carbocycles. The lowest BCUT2D eigenvalue weighted by molar-refractivity contribution is 0.237. The highest BCUT2D eigenvalue weighted by Crippen LogP contribution is 2.20. The van der Waals surface area contributed by atoms with Gasteiger partial charge in [0, 0.05) is 18.0 Å². The maximum Gasteiger partial charge on any atom is 0.296 e. The number of aromatic nitrogens is 1. The predicted molar refractivity (Wildman–Crippen MR) is 45.5 cm³/mol. The molecule has 0 aliphatic carbocycles. The first-order valence-corrected chi connectivity index (χ1v) is 4.98. The molecule has 72 valence electrons. The third-order valence-electron chi connectivity index (χ3n) is 1.63. The van der Waals surface area contributed by atoms with Gasteiger partial charge in [0.25, 0.3) is 10.1 Å². The lowest BCUT2D eigenvalue weighted by atomic mass is 10.2. The van der Waals surface area contributed by atoms with Gasteiger partial charge >= 0.3 is 0 Å². The second-order valence-electron chi connectivity index (χ2n) is 2.60. The normalized spacial score (nSPS) is 14.1. The Kier molecular flexibility index (Phi) is 2.65. The third kappa shape index (κ3) is 2.24. The predicted octanol–water partition coefficient (Wildman–Crippen LogP) is 0.269. The second-order valence-corrected chi connectivity index (χ2v) is 4.08. The number of nitrogens with zero attached hydrogens (tertiary/aromatic N) is 1. The third-order valence-corrected chi connectivity index (χ3v) is 2.45. The van der Waals surface area contributed by atoms with Crippen LogP contribution < -0.4 is 0 Å². The average Bonchev–Trinajstić information content (AvgIpc) is 2.02. The van der Waals surface area contributed by atoms with E-state index in [4.69, 9.17) is 9.66 Å². The van der Waals surface area contributed by atoms with Crippen molar-refractivity contribution in [1.29, 1.82) is 0 Å². The minimum absolute atomic E-state index is 0.0880. The summed E-state index contributed by atoms with van der Waals surface area (Å²) in [6, 6.07) is 1.55. The smallest absolute Gasteiger partial charge is 0.296 e. The molecule has 2 N–H and O–H groups in total. The van der Waals surface area contributed by atoms with Gasteiger partial charge in [-0.2, -0.15) is 8.42 Å². The van der Waals surface area contributed by atoms with Crippen molar-refractivity contribution in [2.24, 2.45) is 0 Å². The molecular weight excluding hydrogens is 194 g/mol. The van der Waals surface area contributed by atoms with Crippen LogP contribution in [-0.4, -0.2) is 23.1 Å². The number of hydrogen-bond donors (Lipinski definition) is 2. The quantitative estimate of drug-likeness (QED) is 0.673. The van der Waals surface area contributed by atoms with Crippen LogP contribution in [0.4, 0.5) is 0 Å². The molecule has 0 fully saturated rings. The van der Waals surface area contributed by atoms with Crippen LogP contribution in [0.15, 0.2) is 18.5 Å². The topological polar surface area (TPSA) is 87.5 Å². The van der Waals surface area contributed by atoms with Gasteiger partial charge in [-0.1, -0.05) is 0 Å². The summed E-state index contributed by atoms with van der Waals surface area (Å²) in [5.41, 5.74) is -1.27. The molecule has 1 aromatic rings. The molecule has 0 aliphatic rings. The summed E-state index contributed by atoms with van der Waals surface area (Å²) < 4.78 is 29.7. The summed E-state index contributed by atoms with van der Waals surface area (Å²) in [6.07, 6.45) is 2.67. The number of aryl methyl sites for hydroxylation is 1. The molecule has 0 spiro atoms. The van der Waals surface area contributed by atoms with E-state index in [-0.39, 0.29) is 5.56 Å². The van der Waals surface area contributed by atoms with Gasteiger partial charge in [0.1, 0.15) is 0 Å². The van der Waals surface area contributed by atoms with Crippen molar-refractivity contribution >= 4 is 10.1 Å². The molecule has 1 rings (SSSR count). The molecule has 0 amide bonds. The van der Waals surface area contributed by atoms with Gasteiger partial charge in [0.2, 0.25) is 5.44 Å². The molecule has 0 saturated carbocycles. The minimum atomic E-state index is -4.46. The monoisotopic (exact) mass is 203 g/mol. The van der Waals surface area contributed by atoms with Gasteiger partial charge in [0.15, 0.2) is 0 Å². The van der Waals surface area contributed by atoms with Crippen LogP contribution in [-0.2, 0) is 10.1 Å². The van der Waals surface area contributed by atoms with Crippen molar-refractivity contribution in [2.75, 3.05) is 0 Å². The van der Waals surface area contributed by atoms with E-state index in [9.17, 15) is 8.42 Å². The van der Waals surface area contributed by atoms with Crippen molar-refractivity contribution < 1.29 is 18.1 Å². The molecule has 0 radical (unpaired) electrons. The van der Waals surface area contributed by atoms with E-state index in [2.05, 4.69) is 4.98 Å². The fourth-order valence-corrected chi connectivity index (χ4v) is 1.46. The van der Waals surface area contributed by atoms with Gasteiger partial charge in [0.05, 0.1) is 0 Å². The summed E-state index contributed by atoms with van der Waals surface area (Å²) in [5.74, 6) is 0. The SMILES string of the molecule is Cc1ccncc1C(O)S(=O)(=O)O. The average molecular weight is 203 g/mol. The Morgan fingerprint density at radius 3 is 2.62 bits per heavy atom. The largest absolute Gasteiger partial charge is 0.371 e. The lowest BCUT2D eigenvalue weighted by Crippen LogP contribution is -2.12. The molecule has 1 aromatic heterocycles. The van der Waals surface area contributed by atoms with Crippen molar-refractivity contribution in [3.8, 4) is 0 Å². The summed E-state index contributed by atoms with van der Waals surface area (Å²) in [4.78, 5) is 3.64. The summed E-state index contributed by atoms with van der Waals surface area (Å²) >= 11 is 0. The van der Waals surface area contributed by atoms with E-state index in [1.807, 2.05) is 0 Å². The summed E-state index contributed by atoms with van der Waals surface area (Å²) in [7, 11) is -4.46. The molecule has 0 saturated heterocycles. The molecule has 5 nitrogen and oxygen atoms in total. The van der Waals surface area contributed by atoms with E-state index in [0.717, 1.165) is 0 Å². The van der Waals surface area contributed by atoms with Crippen LogP contribution in [0.25, 0.3) is 0 Å². The van der Waals surface area contributed by atoms with E-state index < -0.39 is 15.6 Å². The van der Waals surface area contributed by atoms with Gasteiger partial charge in [-0.15, -0.1) is 0 Å². The first-order chi connectivity index (χ1) is 5.93. The maximum absolute atomic E-state index is 10.6. The molecule has 1 heterocycles. The number of aliphatic hydroxyl groups is 1. The Bertz CT molecular complexity index is 401. The first kappa shape index (κ1) is 10.1. The van der Waals surface area contributed by atoms with Crippen LogP contribution in [0.2, 0.25) is 0 Å². The van der Waals surface area contributed by atoms with Gasteiger partial charge in [-0.05, 0) is 18.6 Å². The first-order valence-electron chi connectivity index (χ1n) is 3.48. The highest BCUT2D eigenvalue weighted by atomic mass is 32.2. The molecule has 1 atom stereocenters. The number of rotatable bonds is 2. The number of pyridine rings is 1. The molecule has 1 unspecified atom stereocenters. The van der Waals surface area contributed by atoms with Crippen LogP contribution in [0.3, 0.4) is 0 Å². The highest BCUT2D eigenvalue weighted by molar-refractivity contribution is 7.85. The van der Waals surface area contributed by atoms with E-state index in [0.29, 0.717) is 5.56 Å². The molecule has 13 heavy (non-hydrogen) atoms. The van der Waals surface area contributed by atoms with Gasteiger partial charge in [-0.25, -0.2) is 0 Å². The molecule has 0 bridgehead atoms. The van der Waals surface area contributed by atoms with Crippen LogP contribution in [0, 0.1) is 6.92 Å². The Labute approximate surface area is 75.8 Å². The van der Waals surface area contributed by atoms with Gasteiger partial charge < -0.3 is 5.11 Å². The van der Waals surface area contributed by atoms with Crippen LogP contribution >= 0.6 is 0 Å². The highest BCUT2D eigenvalue weighted by Gasteiger charge is 2.23. The Morgan fingerprint density at radius 1 is 1.54 bits per heavy atom. The minimum Gasteiger partial charge on any atom is -0.371 e. The zero-order valence-electron chi connectivity index (χ0n) is 6.88. The lowest BCUT2D eigenvalue weighted by Gasteiger charge is -2.08. The number of hydrogen-bond acceptors (Lipinski definition) is 4. The fourth-order valence-electron chi connectivity index (χ4n) is 0.895. The van der Waals surface area contributed by atoms with E-state index in [1.54, 1.807) is 13.0 Å². The summed E-state index contributed by atoms with van der Waals surface area (Å²) in [5, 5.41) is 9.16.